The molecule has 2 saturated heterocycles. The highest BCUT2D eigenvalue weighted by Crippen LogP contribution is 2.24. The van der Waals surface area contributed by atoms with Gasteiger partial charge in [0.2, 0.25) is 5.56 Å². The molecule has 6 heteroatoms. The molecular weight excluding hydrogens is 282 g/mol. The highest BCUT2D eigenvalue weighted by atomic mass is 16.5. The van der Waals surface area contributed by atoms with Gasteiger partial charge >= 0.3 is 0 Å². The fourth-order valence-corrected chi connectivity index (χ4v) is 3.44. The van der Waals surface area contributed by atoms with Gasteiger partial charge in [0, 0.05) is 38.5 Å². The first-order chi connectivity index (χ1) is 10.7. The number of likely N-dealkylation sites (tertiary alicyclic amines) is 2. The summed E-state index contributed by atoms with van der Waals surface area (Å²) >= 11 is 0. The monoisotopic (exact) mass is 305 g/mol. The maximum absolute atomic E-state index is 12.7. The number of pyridine rings is 1. The number of nitrogens with zero attached hydrogens (tertiary/aromatic N) is 2. The molecule has 1 aromatic heterocycles. The SMILES string of the molecule is CO[C@H]1C[C@@H](CN2CCCC2)N(C(=O)c2ccc(=O)[nH]c2)C1. The van der Waals surface area contributed by atoms with Crippen LogP contribution in [-0.4, -0.2) is 66.1 Å². The Morgan fingerprint density at radius 3 is 2.77 bits per heavy atom. The molecule has 1 amide bonds. The van der Waals surface area contributed by atoms with Gasteiger partial charge in [-0.15, -0.1) is 0 Å². The van der Waals surface area contributed by atoms with Crippen molar-refractivity contribution >= 4 is 5.91 Å². The van der Waals surface area contributed by atoms with Crippen molar-refractivity contribution < 1.29 is 9.53 Å². The molecule has 2 fully saturated rings. The summed E-state index contributed by atoms with van der Waals surface area (Å²) in [4.78, 5) is 30.8. The standard InChI is InChI=1S/C16H23N3O3/c1-22-14-8-13(10-18-6-2-3-7-18)19(11-14)16(21)12-4-5-15(20)17-9-12/h4-5,9,13-14H,2-3,6-8,10-11H2,1H3,(H,17,20)/t13-,14-/m0/s1. The lowest BCUT2D eigenvalue weighted by molar-refractivity contribution is 0.0669. The third-order valence-corrected chi connectivity index (χ3v) is 4.67. The van der Waals surface area contributed by atoms with Gasteiger partial charge in [-0.1, -0.05) is 0 Å². The fourth-order valence-electron chi connectivity index (χ4n) is 3.44. The third kappa shape index (κ3) is 3.23. The summed E-state index contributed by atoms with van der Waals surface area (Å²) in [6, 6.07) is 3.17. The van der Waals surface area contributed by atoms with Gasteiger partial charge in [0.1, 0.15) is 0 Å². The van der Waals surface area contributed by atoms with Crippen LogP contribution in [0.1, 0.15) is 29.6 Å². The van der Waals surface area contributed by atoms with Crippen LogP contribution in [-0.2, 0) is 4.74 Å². The van der Waals surface area contributed by atoms with Crippen LogP contribution in [0.2, 0.25) is 0 Å². The number of carbonyl (C=O) groups excluding carboxylic acids is 1. The maximum Gasteiger partial charge on any atom is 0.255 e. The number of aromatic nitrogens is 1. The van der Waals surface area contributed by atoms with E-state index in [0.29, 0.717) is 12.1 Å². The molecule has 6 nitrogen and oxygen atoms in total. The predicted molar refractivity (Wildman–Crippen MR) is 83.0 cm³/mol. The summed E-state index contributed by atoms with van der Waals surface area (Å²) in [5, 5.41) is 0. The zero-order valence-electron chi connectivity index (χ0n) is 13.0. The lowest BCUT2D eigenvalue weighted by Gasteiger charge is -2.28. The molecule has 0 saturated carbocycles. The molecule has 3 heterocycles. The summed E-state index contributed by atoms with van der Waals surface area (Å²) in [7, 11) is 1.70. The molecule has 0 aromatic carbocycles. The van der Waals surface area contributed by atoms with E-state index in [1.165, 1.54) is 25.1 Å². The largest absolute Gasteiger partial charge is 0.380 e. The normalized spacial score (nSPS) is 25.8. The Bertz CT molecular complexity index is 560. The molecule has 2 atom stereocenters. The summed E-state index contributed by atoms with van der Waals surface area (Å²) in [5.74, 6) is -0.0278. The highest BCUT2D eigenvalue weighted by Gasteiger charge is 2.37. The van der Waals surface area contributed by atoms with E-state index in [-0.39, 0.29) is 23.6 Å². The number of rotatable bonds is 4. The fraction of sp³-hybridized carbons (Fsp3) is 0.625. The molecule has 1 aromatic rings. The molecule has 0 unspecified atom stereocenters. The van der Waals surface area contributed by atoms with E-state index in [2.05, 4.69) is 9.88 Å². The van der Waals surface area contributed by atoms with Crippen molar-refractivity contribution in [2.24, 2.45) is 0 Å². The number of H-pyrrole nitrogens is 1. The van der Waals surface area contributed by atoms with Crippen LogP contribution in [0.5, 0.6) is 0 Å². The number of methoxy groups -OCH3 is 1. The first-order valence-electron chi connectivity index (χ1n) is 7.92. The van der Waals surface area contributed by atoms with E-state index in [1.54, 1.807) is 13.2 Å². The Kier molecular flexibility index (Phi) is 4.59. The van der Waals surface area contributed by atoms with Gasteiger partial charge in [-0.2, -0.15) is 0 Å². The minimum Gasteiger partial charge on any atom is -0.380 e. The lowest BCUT2D eigenvalue weighted by Crippen LogP contribution is -2.42. The zero-order chi connectivity index (χ0) is 15.5. The zero-order valence-corrected chi connectivity index (χ0v) is 13.0. The van der Waals surface area contributed by atoms with Crippen LogP contribution in [0.4, 0.5) is 0 Å². The molecule has 0 aliphatic carbocycles. The number of carbonyl (C=O) groups is 1. The summed E-state index contributed by atoms with van der Waals surface area (Å²) in [6.45, 7) is 3.77. The van der Waals surface area contributed by atoms with E-state index >= 15 is 0 Å². The second-order valence-electron chi connectivity index (χ2n) is 6.15. The van der Waals surface area contributed by atoms with Crippen molar-refractivity contribution in [1.82, 2.24) is 14.8 Å². The van der Waals surface area contributed by atoms with E-state index in [9.17, 15) is 9.59 Å². The third-order valence-electron chi connectivity index (χ3n) is 4.67. The average molecular weight is 305 g/mol. The topological polar surface area (TPSA) is 65.6 Å². The summed E-state index contributed by atoms with van der Waals surface area (Å²) < 4.78 is 5.47. The van der Waals surface area contributed by atoms with Crippen molar-refractivity contribution in [3.05, 3.63) is 34.2 Å². The summed E-state index contributed by atoms with van der Waals surface area (Å²) in [6.07, 6.45) is 4.96. The smallest absolute Gasteiger partial charge is 0.255 e. The molecule has 2 aliphatic rings. The quantitative estimate of drug-likeness (QED) is 0.889. The van der Waals surface area contributed by atoms with E-state index in [4.69, 9.17) is 4.74 Å². The Morgan fingerprint density at radius 2 is 2.14 bits per heavy atom. The van der Waals surface area contributed by atoms with Crippen molar-refractivity contribution in [2.45, 2.75) is 31.4 Å². The summed E-state index contributed by atoms with van der Waals surface area (Å²) in [5.41, 5.74) is 0.337. The Balaban J connectivity index is 1.74. The Labute approximate surface area is 130 Å². The van der Waals surface area contributed by atoms with Crippen molar-refractivity contribution in [3.8, 4) is 0 Å². The van der Waals surface area contributed by atoms with Gasteiger partial charge < -0.3 is 19.5 Å². The van der Waals surface area contributed by atoms with Crippen LogP contribution in [0.25, 0.3) is 0 Å². The minimum absolute atomic E-state index is 0.0278. The molecule has 1 N–H and O–H groups in total. The molecule has 22 heavy (non-hydrogen) atoms. The first-order valence-corrected chi connectivity index (χ1v) is 7.92. The highest BCUT2D eigenvalue weighted by molar-refractivity contribution is 5.94. The average Bonchev–Trinajstić information content (AvgIpc) is 3.17. The molecule has 3 rings (SSSR count). The predicted octanol–water partition coefficient (Wildman–Crippen LogP) is 0.700. The number of ether oxygens (including phenoxy) is 1. The second kappa shape index (κ2) is 6.62. The molecule has 0 spiro atoms. The van der Waals surface area contributed by atoms with Crippen LogP contribution < -0.4 is 5.56 Å². The molecule has 0 radical (unpaired) electrons. The first kappa shape index (κ1) is 15.2. The maximum atomic E-state index is 12.7. The molecule has 120 valence electrons. The number of nitrogens with one attached hydrogen (secondary N) is 1. The number of hydrogen-bond donors (Lipinski definition) is 1. The van der Waals surface area contributed by atoms with Crippen molar-refractivity contribution in [2.75, 3.05) is 33.3 Å². The lowest BCUT2D eigenvalue weighted by atomic mass is 10.1. The molecule has 0 bridgehead atoms. The minimum atomic E-state index is -0.193. The van der Waals surface area contributed by atoms with E-state index in [0.717, 1.165) is 26.1 Å². The second-order valence-corrected chi connectivity index (χ2v) is 6.15. The van der Waals surface area contributed by atoms with Crippen LogP contribution in [0.3, 0.4) is 0 Å². The van der Waals surface area contributed by atoms with E-state index in [1.807, 2.05) is 4.90 Å². The van der Waals surface area contributed by atoms with Gasteiger partial charge in [0.05, 0.1) is 11.7 Å². The van der Waals surface area contributed by atoms with Gasteiger partial charge in [0.25, 0.3) is 5.91 Å². The van der Waals surface area contributed by atoms with Crippen LogP contribution in [0.15, 0.2) is 23.1 Å². The number of amides is 1. The van der Waals surface area contributed by atoms with Crippen LogP contribution >= 0.6 is 0 Å². The Morgan fingerprint density at radius 1 is 1.36 bits per heavy atom. The molecule has 2 aliphatic heterocycles. The Hall–Kier alpha value is -1.66. The van der Waals surface area contributed by atoms with Crippen molar-refractivity contribution in [3.63, 3.8) is 0 Å². The van der Waals surface area contributed by atoms with E-state index < -0.39 is 0 Å². The van der Waals surface area contributed by atoms with Gasteiger partial charge in [0.15, 0.2) is 0 Å². The molecular formula is C16H23N3O3. The number of hydrogen-bond acceptors (Lipinski definition) is 4. The van der Waals surface area contributed by atoms with Gasteiger partial charge in [-0.25, -0.2) is 0 Å². The van der Waals surface area contributed by atoms with Crippen LogP contribution in [0, 0.1) is 0 Å². The van der Waals surface area contributed by atoms with Crippen molar-refractivity contribution in [1.29, 1.82) is 0 Å². The number of aromatic amines is 1. The van der Waals surface area contributed by atoms with Gasteiger partial charge in [-0.3, -0.25) is 9.59 Å². The van der Waals surface area contributed by atoms with Gasteiger partial charge in [-0.05, 0) is 38.4 Å².